The second kappa shape index (κ2) is 8.70. The molecule has 0 radical (unpaired) electrons. The lowest BCUT2D eigenvalue weighted by atomic mass is 10.2. The van der Waals surface area contributed by atoms with E-state index in [1.54, 1.807) is 7.11 Å². The van der Waals surface area contributed by atoms with Crippen molar-refractivity contribution in [2.24, 2.45) is 0 Å². The lowest BCUT2D eigenvalue weighted by Gasteiger charge is -2.09. The highest BCUT2D eigenvalue weighted by Gasteiger charge is 2.05. The van der Waals surface area contributed by atoms with Crippen molar-refractivity contribution in [1.82, 2.24) is 15.1 Å². The molecule has 0 saturated heterocycles. The Morgan fingerprint density at radius 1 is 1.19 bits per heavy atom. The van der Waals surface area contributed by atoms with E-state index in [2.05, 4.69) is 36.5 Å². The van der Waals surface area contributed by atoms with E-state index in [9.17, 15) is 0 Å². The topological polar surface area (TPSA) is 39.1 Å². The van der Waals surface area contributed by atoms with E-state index in [0.29, 0.717) is 0 Å². The molecule has 5 heteroatoms. The molecule has 4 nitrogen and oxygen atoms in total. The summed E-state index contributed by atoms with van der Waals surface area (Å²) in [5.41, 5.74) is 3.54. The zero-order valence-electron chi connectivity index (χ0n) is 12.9. The number of benzene rings is 1. The van der Waals surface area contributed by atoms with Gasteiger partial charge in [0.2, 0.25) is 0 Å². The van der Waals surface area contributed by atoms with Crippen LogP contribution >= 0.6 is 12.4 Å². The minimum absolute atomic E-state index is 0. The van der Waals surface area contributed by atoms with Crippen molar-refractivity contribution in [1.29, 1.82) is 0 Å². The molecule has 0 amide bonds. The number of nitrogens with one attached hydrogen (secondary N) is 1. The van der Waals surface area contributed by atoms with Gasteiger partial charge in [-0.2, -0.15) is 5.10 Å². The number of nitrogens with zero attached hydrogens (tertiary/aromatic N) is 2. The summed E-state index contributed by atoms with van der Waals surface area (Å²) >= 11 is 0. The average Bonchev–Trinajstić information content (AvgIpc) is 2.80. The maximum Gasteiger partial charge on any atom is 0.123 e. The molecule has 1 N–H and O–H groups in total. The van der Waals surface area contributed by atoms with Crippen LogP contribution in [-0.4, -0.2) is 16.9 Å². The Hall–Kier alpha value is -1.52. The minimum atomic E-state index is 0. The highest BCUT2D eigenvalue weighted by molar-refractivity contribution is 5.85. The molecule has 0 aliphatic heterocycles. The molecular weight excluding hydrogens is 286 g/mol. The highest BCUT2D eigenvalue weighted by Crippen LogP contribution is 2.17. The van der Waals surface area contributed by atoms with Crippen LogP contribution in [0.3, 0.4) is 0 Å². The third kappa shape index (κ3) is 4.76. The molecule has 0 aliphatic rings. The smallest absolute Gasteiger partial charge is 0.123 e. The van der Waals surface area contributed by atoms with Crippen LogP contribution in [0.15, 0.2) is 30.5 Å². The molecule has 0 unspecified atom stereocenters. The van der Waals surface area contributed by atoms with Crippen LogP contribution < -0.4 is 10.1 Å². The standard InChI is InChI=1S/C16H23N3O.ClH/c1-4-9-19-12-15(13(2)18-19)11-17-10-14-7-5-6-8-16(14)20-3;/h5-8,12,17H,4,9-11H2,1-3H3;1H. The van der Waals surface area contributed by atoms with E-state index in [0.717, 1.165) is 37.5 Å². The fourth-order valence-corrected chi connectivity index (χ4v) is 2.26. The Morgan fingerprint density at radius 3 is 2.62 bits per heavy atom. The SMILES string of the molecule is CCCn1cc(CNCc2ccccc2OC)c(C)n1.Cl. The molecule has 0 atom stereocenters. The first-order valence-electron chi connectivity index (χ1n) is 7.10. The minimum Gasteiger partial charge on any atom is -0.496 e. The van der Waals surface area contributed by atoms with Gasteiger partial charge in [-0.15, -0.1) is 12.4 Å². The lowest BCUT2D eigenvalue weighted by Crippen LogP contribution is -2.13. The molecule has 1 aromatic heterocycles. The van der Waals surface area contributed by atoms with Crippen molar-refractivity contribution in [3.63, 3.8) is 0 Å². The fourth-order valence-electron chi connectivity index (χ4n) is 2.26. The zero-order chi connectivity index (χ0) is 14.4. The quantitative estimate of drug-likeness (QED) is 0.853. The van der Waals surface area contributed by atoms with Gasteiger partial charge < -0.3 is 10.1 Å². The molecule has 2 aromatic rings. The Labute approximate surface area is 132 Å². The first-order valence-corrected chi connectivity index (χ1v) is 7.10. The fraction of sp³-hybridized carbons (Fsp3) is 0.438. The summed E-state index contributed by atoms with van der Waals surface area (Å²) in [4.78, 5) is 0. The molecular formula is C16H24ClN3O. The molecule has 21 heavy (non-hydrogen) atoms. The van der Waals surface area contributed by atoms with Crippen LogP contribution in [0.5, 0.6) is 5.75 Å². The zero-order valence-corrected chi connectivity index (χ0v) is 13.7. The van der Waals surface area contributed by atoms with Crippen molar-refractivity contribution >= 4 is 12.4 Å². The Morgan fingerprint density at radius 2 is 1.90 bits per heavy atom. The van der Waals surface area contributed by atoms with Crippen molar-refractivity contribution in [3.8, 4) is 5.75 Å². The van der Waals surface area contributed by atoms with Crippen molar-refractivity contribution in [2.75, 3.05) is 7.11 Å². The van der Waals surface area contributed by atoms with Crippen molar-refractivity contribution in [2.45, 2.75) is 39.9 Å². The van der Waals surface area contributed by atoms with E-state index in [4.69, 9.17) is 4.74 Å². The van der Waals surface area contributed by atoms with Crippen molar-refractivity contribution in [3.05, 3.63) is 47.3 Å². The van der Waals surface area contributed by atoms with Crippen LogP contribution in [-0.2, 0) is 19.6 Å². The number of aromatic nitrogens is 2. The molecule has 0 saturated carbocycles. The van der Waals surface area contributed by atoms with Crippen LogP contribution in [0, 0.1) is 6.92 Å². The van der Waals surface area contributed by atoms with Gasteiger partial charge in [-0.25, -0.2) is 0 Å². The molecule has 0 spiro atoms. The van der Waals surface area contributed by atoms with E-state index in [1.165, 1.54) is 11.1 Å². The maximum absolute atomic E-state index is 5.35. The van der Waals surface area contributed by atoms with Gasteiger partial charge in [0.05, 0.1) is 12.8 Å². The number of methoxy groups -OCH3 is 1. The summed E-state index contributed by atoms with van der Waals surface area (Å²) in [6.45, 7) is 6.83. The van der Waals surface area contributed by atoms with Crippen molar-refractivity contribution < 1.29 is 4.74 Å². The summed E-state index contributed by atoms with van der Waals surface area (Å²) < 4.78 is 7.37. The molecule has 0 aliphatic carbocycles. The number of aryl methyl sites for hydroxylation is 2. The average molecular weight is 310 g/mol. The van der Waals surface area contributed by atoms with Gasteiger partial charge in [0, 0.05) is 37.0 Å². The Kier molecular flexibility index (Phi) is 7.26. The molecule has 2 rings (SSSR count). The Balaban J connectivity index is 0.00000220. The monoisotopic (exact) mass is 309 g/mol. The largest absolute Gasteiger partial charge is 0.496 e. The van der Waals surface area contributed by atoms with Crippen LogP contribution in [0.4, 0.5) is 0 Å². The number of hydrogen-bond donors (Lipinski definition) is 1. The van der Waals surface area contributed by atoms with E-state index in [-0.39, 0.29) is 12.4 Å². The number of hydrogen-bond acceptors (Lipinski definition) is 3. The van der Waals surface area contributed by atoms with E-state index < -0.39 is 0 Å². The van der Waals surface area contributed by atoms with Gasteiger partial charge in [-0.3, -0.25) is 4.68 Å². The highest BCUT2D eigenvalue weighted by atomic mass is 35.5. The first kappa shape index (κ1) is 17.5. The predicted octanol–water partition coefficient (Wildman–Crippen LogP) is 3.32. The summed E-state index contributed by atoms with van der Waals surface area (Å²) in [5.74, 6) is 0.929. The summed E-state index contributed by atoms with van der Waals surface area (Å²) in [6.07, 6.45) is 3.24. The molecule has 0 fully saturated rings. The Bertz CT molecular complexity index is 554. The predicted molar refractivity (Wildman–Crippen MR) is 88.0 cm³/mol. The number of halogens is 1. The van der Waals surface area contributed by atoms with Crippen LogP contribution in [0.2, 0.25) is 0 Å². The van der Waals surface area contributed by atoms with Gasteiger partial charge >= 0.3 is 0 Å². The van der Waals surface area contributed by atoms with Crippen LogP contribution in [0.1, 0.15) is 30.2 Å². The molecule has 1 heterocycles. The van der Waals surface area contributed by atoms with E-state index >= 15 is 0 Å². The second-order valence-electron chi connectivity index (χ2n) is 4.92. The van der Waals surface area contributed by atoms with Gasteiger partial charge in [0.15, 0.2) is 0 Å². The second-order valence-corrected chi connectivity index (χ2v) is 4.92. The lowest BCUT2D eigenvalue weighted by molar-refractivity contribution is 0.407. The normalized spacial score (nSPS) is 10.2. The summed E-state index contributed by atoms with van der Waals surface area (Å²) in [6, 6.07) is 8.09. The van der Waals surface area contributed by atoms with E-state index in [1.807, 2.05) is 22.9 Å². The summed E-state index contributed by atoms with van der Waals surface area (Å²) in [5, 5.41) is 7.97. The number of ether oxygens (including phenoxy) is 1. The summed E-state index contributed by atoms with van der Waals surface area (Å²) in [7, 11) is 1.71. The number of rotatable bonds is 7. The van der Waals surface area contributed by atoms with Gasteiger partial charge in [-0.05, 0) is 19.4 Å². The van der Waals surface area contributed by atoms with Crippen LogP contribution in [0.25, 0.3) is 0 Å². The third-order valence-corrected chi connectivity index (χ3v) is 3.32. The molecule has 1 aromatic carbocycles. The van der Waals surface area contributed by atoms with Gasteiger partial charge in [-0.1, -0.05) is 25.1 Å². The third-order valence-electron chi connectivity index (χ3n) is 3.32. The molecule has 116 valence electrons. The van der Waals surface area contributed by atoms with Gasteiger partial charge in [0.25, 0.3) is 0 Å². The van der Waals surface area contributed by atoms with Gasteiger partial charge in [0.1, 0.15) is 5.75 Å². The maximum atomic E-state index is 5.35. The number of para-hydroxylation sites is 1. The first-order chi connectivity index (χ1) is 9.74. The molecule has 0 bridgehead atoms.